The fourth-order valence-corrected chi connectivity index (χ4v) is 4.12. The van der Waals surface area contributed by atoms with E-state index in [0.29, 0.717) is 6.54 Å². The molecule has 2 heterocycles. The number of aromatic nitrogens is 1. The molecule has 0 unspecified atom stereocenters. The summed E-state index contributed by atoms with van der Waals surface area (Å²) in [5, 5.41) is 0.802. The van der Waals surface area contributed by atoms with E-state index in [1.165, 1.54) is 0 Å². The summed E-state index contributed by atoms with van der Waals surface area (Å²) in [6.07, 6.45) is 1.57. The number of hydrogen-bond acceptors (Lipinski definition) is 2. The Bertz CT molecular complexity index is 856. The predicted octanol–water partition coefficient (Wildman–Crippen LogP) is 2.38. The Morgan fingerprint density at radius 1 is 1.36 bits per heavy atom. The zero-order chi connectivity index (χ0) is 15.4. The molecule has 4 rings (SSSR count). The Kier molecular flexibility index (Phi) is 3.05. The fraction of sp³-hybridized carbons (Fsp3) is 0.412. The van der Waals surface area contributed by atoms with Gasteiger partial charge in [0.05, 0.1) is 11.6 Å². The number of amides is 1. The maximum Gasteiger partial charge on any atom is 0.238 e. The first-order chi connectivity index (χ1) is 10.6. The van der Waals surface area contributed by atoms with Gasteiger partial charge in [-0.05, 0) is 31.9 Å². The molecule has 0 radical (unpaired) electrons. The van der Waals surface area contributed by atoms with Gasteiger partial charge in [-0.15, -0.1) is 11.6 Å². The van der Waals surface area contributed by atoms with E-state index < -0.39 is 0 Å². The number of alkyl halides is 1. The van der Waals surface area contributed by atoms with Gasteiger partial charge >= 0.3 is 0 Å². The van der Waals surface area contributed by atoms with Crippen LogP contribution >= 0.6 is 11.6 Å². The van der Waals surface area contributed by atoms with Gasteiger partial charge < -0.3 is 9.47 Å². The lowest BCUT2D eigenvalue weighted by Gasteiger charge is -2.36. The number of carbonyl (C=O) groups excluding carboxylic acids is 1. The van der Waals surface area contributed by atoms with Crippen molar-refractivity contribution in [2.45, 2.75) is 32.4 Å². The van der Waals surface area contributed by atoms with Crippen LogP contribution in [-0.4, -0.2) is 27.8 Å². The Labute approximate surface area is 133 Å². The highest BCUT2D eigenvalue weighted by atomic mass is 35.5. The molecule has 4 nitrogen and oxygen atoms in total. The van der Waals surface area contributed by atoms with Crippen molar-refractivity contribution in [1.29, 1.82) is 0 Å². The molecule has 0 N–H and O–H groups in total. The second-order valence-electron chi connectivity index (χ2n) is 6.14. The van der Waals surface area contributed by atoms with Crippen molar-refractivity contribution in [2.24, 2.45) is 0 Å². The lowest BCUT2D eigenvalue weighted by atomic mass is 10.0. The molecule has 0 bridgehead atoms. The third kappa shape index (κ3) is 1.76. The molecular weight excluding hydrogens is 300 g/mol. The molecule has 1 aromatic heterocycles. The van der Waals surface area contributed by atoms with Crippen LogP contribution in [0.5, 0.6) is 0 Å². The maximum absolute atomic E-state index is 12.8. The van der Waals surface area contributed by atoms with Crippen molar-refractivity contribution >= 4 is 28.4 Å². The van der Waals surface area contributed by atoms with Crippen LogP contribution in [-0.2, 0) is 17.8 Å². The summed E-state index contributed by atoms with van der Waals surface area (Å²) in [5.74, 6) is -0.0368. The van der Waals surface area contributed by atoms with Crippen molar-refractivity contribution in [2.75, 3.05) is 12.4 Å². The number of benzene rings is 1. The molecule has 0 spiro atoms. The smallest absolute Gasteiger partial charge is 0.238 e. The van der Waals surface area contributed by atoms with E-state index in [4.69, 9.17) is 11.6 Å². The first-order valence-electron chi connectivity index (χ1n) is 7.63. The van der Waals surface area contributed by atoms with Crippen LogP contribution in [0.4, 0.5) is 0 Å². The second kappa shape index (κ2) is 4.85. The van der Waals surface area contributed by atoms with Gasteiger partial charge in [-0.1, -0.05) is 11.6 Å². The molecule has 0 saturated carbocycles. The van der Waals surface area contributed by atoms with Crippen molar-refractivity contribution in [1.82, 2.24) is 9.47 Å². The first-order valence-corrected chi connectivity index (χ1v) is 8.16. The Morgan fingerprint density at radius 3 is 2.95 bits per heavy atom. The van der Waals surface area contributed by atoms with E-state index in [-0.39, 0.29) is 23.3 Å². The number of rotatable bonds is 1. The van der Waals surface area contributed by atoms with Crippen LogP contribution < -0.4 is 5.43 Å². The van der Waals surface area contributed by atoms with E-state index in [0.717, 1.165) is 47.1 Å². The monoisotopic (exact) mass is 316 g/mol. The molecule has 0 fully saturated rings. The highest BCUT2D eigenvalue weighted by Gasteiger charge is 2.38. The number of nitrogens with zero attached hydrogens (tertiary/aromatic N) is 2. The standard InChI is InChI=1S/C17H17ClN2O2/c1-10-2-4-13-12(8-10)17(22)11-3-5-14-16(11)20(13)7-6-19(14)15(21)9-18/h2,4,8,14H,3,5-7,9H2,1H3/t14-/m0/s1. The molecule has 1 aliphatic heterocycles. The molecule has 1 atom stereocenters. The Morgan fingerprint density at radius 2 is 2.18 bits per heavy atom. The van der Waals surface area contributed by atoms with Crippen LogP contribution in [0.1, 0.15) is 29.3 Å². The number of halogens is 1. The highest BCUT2D eigenvalue weighted by molar-refractivity contribution is 6.27. The summed E-state index contributed by atoms with van der Waals surface area (Å²) in [4.78, 5) is 26.7. The number of hydrogen-bond donors (Lipinski definition) is 0. The molecular formula is C17H17ClN2O2. The lowest BCUT2D eigenvalue weighted by Crippen LogP contribution is -2.42. The summed E-state index contributed by atoms with van der Waals surface area (Å²) in [7, 11) is 0. The summed E-state index contributed by atoms with van der Waals surface area (Å²) in [6.45, 7) is 3.39. The van der Waals surface area contributed by atoms with Crippen LogP contribution in [0.15, 0.2) is 23.0 Å². The number of carbonyl (C=O) groups is 1. The molecule has 5 heteroatoms. The minimum absolute atomic E-state index is 0.00282. The quantitative estimate of drug-likeness (QED) is 0.758. The van der Waals surface area contributed by atoms with Crippen LogP contribution in [0, 0.1) is 6.92 Å². The maximum atomic E-state index is 12.8. The molecule has 1 amide bonds. The predicted molar refractivity (Wildman–Crippen MR) is 86.4 cm³/mol. The normalized spacial score (nSPS) is 19.5. The number of fused-ring (bicyclic) bond motifs is 2. The molecule has 2 aliphatic rings. The number of aryl methyl sites for hydroxylation is 1. The summed E-state index contributed by atoms with van der Waals surface area (Å²) < 4.78 is 2.24. The van der Waals surface area contributed by atoms with Gasteiger partial charge in [-0.3, -0.25) is 9.59 Å². The lowest BCUT2D eigenvalue weighted by molar-refractivity contribution is -0.131. The topological polar surface area (TPSA) is 42.3 Å². The summed E-state index contributed by atoms with van der Waals surface area (Å²) >= 11 is 5.74. The fourth-order valence-electron chi connectivity index (χ4n) is 3.96. The molecule has 2 aromatic rings. The van der Waals surface area contributed by atoms with Gasteiger partial charge in [-0.25, -0.2) is 0 Å². The summed E-state index contributed by atoms with van der Waals surface area (Å²) in [5.41, 5.74) is 4.13. The van der Waals surface area contributed by atoms with E-state index >= 15 is 0 Å². The SMILES string of the molecule is Cc1ccc2c(c1)c(=O)c1c3n2CCN(C(=O)CCl)[C@H]3CC1. The van der Waals surface area contributed by atoms with Crippen molar-refractivity contribution in [3.8, 4) is 0 Å². The average molecular weight is 317 g/mol. The molecule has 114 valence electrons. The van der Waals surface area contributed by atoms with E-state index in [2.05, 4.69) is 4.57 Å². The van der Waals surface area contributed by atoms with E-state index in [1.807, 2.05) is 30.0 Å². The third-order valence-corrected chi connectivity index (χ3v) is 5.15. The zero-order valence-electron chi connectivity index (χ0n) is 12.4. The van der Waals surface area contributed by atoms with Crippen molar-refractivity contribution in [3.05, 3.63) is 45.2 Å². The largest absolute Gasteiger partial charge is 0.340 e. The second-order valence-corrected chi connectivity index (χ2v) is 6.41. The van der Waals surface area contributed by atoms with Crippen LogP contribution in [0.25, 0.3) is 10.9 Å². The molecule has 1 aliphatic carbocycles. The Hall–Kier alpha value is -1.81. The summed E-state index contributed by atoms with van der Waals surface area (Å²) in [6, 6.07) is 6.05. The van der Waals surface area contributed by atoms with Gasteiger partial charge in [-0.2, -0.15) is 0 Å². The van der Waals surface area contributed by atoms with E-state index in [9.17, 15) is 9.59 Å². The number of pyridine rings is 1. The van der Waals surface area contributed by atoms with Gasteiger partial charge in [0.15, 0.2) is 5.43 Å². The van der Waals surface area contributed by atoms with Crippen LogP contribution in [0.3, 0.4) is 0 Å². The van der Waals surface area contributed by atoms with E-state index in [1.54, 1.807) is 0 Å². The average Bonchev–Trinajstić information content (AvgIpc) is 2.97. The Balaban J connectivity index is 2.00. The third-order valence-electron chi connectivity index (χ3n) is 4.92. The van der Waals surface area contributed by atoms with Gasteiger partial charge in [0, 0.05) is 29.7 Å². The molecule has 0 saturated heterocycles. The van der Waals surface area contributed by atoms with Crippen molar-refractivity contribution < 1.29 is 4.79 Å². The van der Waals surface area contributed by atoms with Crippen molar-refractivity contribution in [3.63, 3.8) is 0 Å². The first kappa shape index (κ1) is 13.8. The minimum Gasteiger partial charge on any atom is -0.340 e. The highest BCUT2D eigenvalue weighted by Crippen LogP contribution is 2.38. The molecule has 1 aromatic carbocycles. The van der Waals surface area contributed by atoms with Gasteiger partial charge in [0.25, 0.3) is 0 Å². The molecule has 22 heavy (non-hydrogen) atoms. The minimum atomic E-state index is -0.0396. The van der Waals surface area contributed by atoms with Crippen LogP contribution in [0.2, 0.25) is 0 Å². The zero-order valence-corrected chi connectivity index (χ0v) is 13.2. The van der Waals surface area contributed by atoms with Gasteiger partial charge in [0.2, 0.25) is 5.91 Å². The van der Waals surface area contributed by atoms with Gasteiger partial charge in [0.1, 0.15) is 5.88 Å².